The van der Waals surface area contributed by atoms with Gasteiger partial charge in [-0.2, -0.15) is 0 Å². The van der Waals surface area contributed by atoms with E-state index in [2.05, 4.69) is 10.6 Å². The molecule has 0 aromatic carbocycles. The van der Waals surface area contributed by atoms with Crippen LogP contribution in [-0.2, 0) is 47.4 Å². The number of thiocarbonyl (C=S) groups is 2. The van der Waals surface area contributed by atoms with Crippen LogP contribution in [0.25, 0.3) is 0 Å². The van der Waals surface area contributed by atoms with Gasteiger partial charge in [0.1, 0.15) is 48.8 Å². The molecule has 0 aromatic heterocycles. The molecule has 10 atom stereocenters. The zero-order valence-corrected chi connectivity index (χ0v) is 30.0. The van der Waals surface area contributed by atoms with Crippen molar-refractivity contribution < 1.29 is 47.4 Å². The molecular weight excluding hydrogens is 636 g/mol. The molecule has 14 heteroatoms. The van der Waals surface area contributed by atoms with Gasteiger partial charge >= 0.3 is 0 Å². The van der Waals surface area contributed by atoms with Gasteiger partial charge in [-0.1, -0.05) is 24.4 Å². The fourth-order valence-electron chi connectivity index (χ4n) is 7.33. The van der Waals surface area contributed by atoms with E-state index in [0.717, 1.165) is 35.9 Å². The smallest absolute Gasteiger partial charge is 0.164 e. The maximum atomic E-state index is 6.43. The Balaban J connectivity index is 0.899. The predicted molar refractivity (Wildman–Crippen MR) is 174 cm³/mol. The molecule has 0 unspecified atom stereocenters. The van der Waals surface area contributed by atoms with Crippen molar-refractivity contribution in [2.24, 2.45) is 0 Å². The molecule has 0 aliphatic carbocycles. The average Bonchev–Trinajstić information content (AvgIpc) is 3.75. The van der Waals surface area contributed by atoms with Crippen molar-refractivity contribution in [2.45, 2.75) is 165 Å². The Kier molecular flexibility index (Phi) is 10.1. The van der Waals surface area contributed by atoms with Crippen LogP contribution in [0.2, 0.25) is 0 Å². The lowest BCUT2D eigenvalue weighted by Crippen LogP contribution is -2.40. The Morgan fingerprint density at radius 1 is 0.522 bits per heavy atom. The maximum Gasteiger partial charge on any atom is 0.164 e. The van der Waals surface area contributed by atoms with Gasteiger partial charge in [0, 0.05) is 25.9 Å². The molecule has 0 saturated carbocycles. The van der Waals surface area contributed by atoms with Gasteiger partial charge in [-0.3, -0.25) is 0 Å². The molecule has 6 saturated heterocycles. The van der Waals surface area contributed by atoms with Crippen LogP contribution in [0.5, 0.6) is 0 Å². The standard InChI is InChI=1S/C32H52N2O10S2/c1-29(2)35-15-19(39-29)23-27-25(41-31(5,6)43-27)17(37-23)13-21(45)33-11-9-10-12-34-22(46)14-18-26-28(44-32(7,8)42-26)24(38-18)20-16-36-30(3,4)40-20/h17-20,23-28H,9-16H2,1-8H3,(H,33,45)(H,34,46)/t17-,18-,19-,20-,23+,24+,25+,26+,27-,28-/m0/s1. The highest BCUT2D eigenvalue weighted by atomic mass is 32.1. The second-order valence-corrected chi connectivity index (χ2v) is 15.9. The molecule has 6 aliphatic rings. The van der Waals surface area contributed by atoms with Crippen molar-refractivity contribution in [3.63, 3.8) is 0 Å². The lowest BCUT2D eigenvalue weighted by Gasteiger charge is -2.27. The zero-order valence-electron chi connectivity index (χ0n) is 28.3. The van der Waals surface area contributed by atoms with Crippen LogP contribution in [0.1, 0.15) is 81.1 Å². The Bertz CT molecular complexity index is 1050. The summed E-state index contributed by atoms with van der Waals surface area (Å²) in [6.45, 7) is 17.8. The third-order valence-corrected chi connectivity index (χ3v) is 9.81. The molecule has 0 radical (unpaired) electrons. The first-order valence-electron chi connectivity index (χ1n) is 16.7. The molecule has 262 valence electrons. The van der Waals surface area contributed by atoms with Crippen molar-refractivity contribution in [1.29, 1.82) is 0 Å². The molecule has 2 N–H and O–H groups in total. The molecule has 0 amide bonds. The van der Waals surface area contributed by atoms with Crippen LogP contribution >= 0.6 is 24.4 Å². The minimum Gasteiger partial charge on any atom is -0.380 e. The van der Waals surface area contributed by atoms with Crippen molar-refractivity contribution >= 4 is 34.4 Å². The van der Waals surface area contributed by atoms with Gasteiger partial charge in [0.05, 0.1) is 35.4 Å². The second kappa shape index (κ2) is 13.3. The highest BCUT2D eigenvalue weighted by Gasteiger charge is 2.60. The highest BCUT2D eigenvalue weighted by Crippen LogP contribution is 2.44. The lowest BCUT2D eigenvalue weighted by atomic mass is 10.0. The Hall–Kier alpha value is -0.620. The van der Waals surface area contributed by atoms with Crippen LogP contribution in [0.15, 0.2) is 0 Å². The summed E-state index contributed by atoms with van der Waals surface area (Å²) in [5, 5.41) is 6.78. The van der Waals surface area contributed by atoms with Crippen LogP contribution in [0.3, 0.4) is 0 Å². The molecule has 6 aliphatic heterocycles. The summed E-state index contributed by atoms with van der Waals surface area (Å²) in [6.07, 6.45) is 0.611. The number of hydrogen-bond acceptors (Lipinski definition) is 12. The van der Waals surface area contributed by atoms with E-state index in [-0.39, 0.29) is 61.0 Å². The second-order valence-electron chi connectivity index (χ2n) is 15.0. The molecule has 12 nitrogen and oxygen atoms in total. The predicted octanol–water partition coefficient (Wildman–Crippen LogP) is 3.26. The molecule has 46 heavy (non-hydrogen) atoms. The van der Waals surface area contributed by atoms with Gasteiger partial charge in [-0.15, -0.1) is 0 Å². The third-order valence-electron chi connectivity index (χ3n) is 9.19. The Labute approximate surface area is 283 Å². The van der Waals surface area contributed by atoms with Crippen molar-refractivity contribution in [1.82, 2.24) is 10.6 Å². The van der Waals surface area contributed by atoms with Gasteiger partial charge in [0.2, 0.25) is 0 Å². The summed E-state index contributed by atoms with van der Waals surface area (Å²) in [4.78, 5) is 1.49. The quantitative estimate of drug-likeness (QED) is 0.244. The number of nitrogens with one attached hydrogen (secondary N) is 2. The molecule has 6 rings (SSSR count). The van der Waals surface area contributed by atoms with E-state index in [1.165, 1.54) is 0 Å². The Morgan fingerprint density at radius 2 is 0.891 bits per heavy atom. The van der Waals surface area contributed by atoms with Gasteiger partial charge in [0.25, 0.3) is 0 Å². The fraction of sp³-hybridized carbons (Fsp3) is 0.938. The van der Waals surface area contributed by atoms with Crippen LogP contribution in [0.4, 0.5) is 0 Å². The number of ether oxygens (including phenoxy) is 10. The van der Waals surface area contributed by atoms with E-state index in [9.17, 15) is 0 Å². The number of rotatable bonds is 11. The minimum absolute atomic E-state index is 0.218. The SMILES string of the molecule is CC1(C)O[C@@H]2[C@H](O1)[C@H](CC(=S)NCCCCNC(=S)C[C@@H]1O[C@H]([C@@H]3COC(C)(C)O3)[C@@H]3OC(C)(C)O[C@@H]31)O[C@@H]2[C@@H]1COC(C)(C)O1. The molecule has 0 bridgehead atoms. The summed E-state index contributed by atoms with van der Waals surface area (Å²) in [7, 11) is 0. The largest absolute Gasteiger partial charge is 0.380 e. The van der Waals surface area contributed by atoms with Gasteiger partial charge < -0.3 is 58.0 Å². The summed E-state index contributed by atoms with van der Waals surface area (Å²) in [5.74, 6) is -2.66. The van der Waals surface area contributed by atoms with E-state index in [4.69, 9.17) is 71.8 Å². The van der Waals surface area contributed by atoms with Crippen molar-refractivity contribution in [3.05, 3.63) is 0 Å². The zero-order chi connectivity index (χ0) is 33.1. The molecule has 6 heterocycles. The topological polar surface area (TPSA) is 116 Å². The van der Waals surface area contributed by atoms with Crippen LogP contribution in [0, 0.1) is 0 Å². The van der Waals surface area contributed by atoms with E-state index in [0.29, 0.717) is 26.1 Å². The van der Waals surface area contributed by atoms with E-state index >= 15 is 0 Å². The summed E-state index contributed by atoms with van der Waals surface area (Å²) < 4.78 is 61.6. The molecular formula is C32H52N2O10S2. The first-order valence-corrected chi connectivity index (χ1v) is 17.5. The van der Waals surface area contributed by atoms with Crippen molar-refractivity contribution in [3.8, 4) is 0 Å². The number of unbranched alkanes of at least 4 members (excludes halogenated alkanes) is 1. The van der Waals surface area contributed by atoms with E-state index < -0.39 is 23.1 Å². The monoisotopic (exact) mass is 688 g/mol. The molecule has 0 spiro atoms. The van der Waals surface area contributed by atoms with Gasteiger partial charge in [0.15, 0.2) is 23.1 Å². The fourth-order valence-corrected chi connectivity index (χ4v) is 7.86. The van der Waals surface area contributed by atoms with Crippen molar-refractivity contribution in [2.75, 3.05) is 26.3 Å². The number of hydrogen-bond donors (Lipinski definition) is 2. The average molecular weight is 689 g/mol. The van der Waals surface area contributed by atoms with E-state index in [1.54, 1.807) is 0 Å². The molecule has 6 fully saturated rings. The summed E-state index contributed by atoms with van der Waals surface area (Å²) in [5.41, 5.74) is 0. The van der Waals surface area contributed by atoms with Gasteiger partial charge in [-0.05, 0) is 68.2 Å². The molecule has 0 aromatic rings. The van der Waals surface area contributed by atoms with Gasteiger partial charge in [-0.25, -0.2) is 0 Å². The van der Waals surface area contributed by atoms with E-state index in [1.807, 2.05) is 55.4 Å². The highest BCUT2D eigenvalue weighted by molar-refractivity contribution is 7.80. The number of fused-ring (bicyclic) bond motifs is 2. The van der Waals surface area contributed by atoms with Crippen LogP contribution in [-0.4, -0.2) is 120 Å². The summed E-state index contributed by atoms with van der Waals surface area (Å²) >= 11 is 11.4. The first-order chi connectivity index (χ1) is 21.5. The lowest BCUT2D eigenvalue weighted by molar-refractivity contribution is -0.206. The normalized spacial score (nSPS) is 41.4. The van der Waals surface area contributed by atoms with Crippen LogP contribution < -0.4 is 10.6 Å². The third kappa shape index (κ3) is 8.05. The summed E-state index contributed by atoms with van der Waals surface area (Å²) in [6, 6.07) is 0. The first kappa shape index (κ1) is 35.2. The Morgan fingerprint density at radius 3 is 1.24 bits per heavy atom. The maximum absolute atomic E-state index is 6.43. The minimum atomic E-state index is -0.689.